The number of thioether (sulfide) groups is 1. The molecule has 2 unspecified atom stereocenters. The van der Waals surface area contributed by atoms with Gasteiger partial charge in [0.2, 0.25) is 0 Å². The van der Waals surface area contributed by atoms with Gasteiger partial charge in [-0.1, -0.05) is 13.3 Å². The molecule has 2 aliphatic rings. The Morgan fingerprint density at radius 1 is 1.29 bits per heavy atom. The summed E-state index contributed by atoms with van der Waals surface area (Å²) in [6, 6.07) is 0.752. The second-order valence-corrected chi connectivity index (χ2v) is 9.16. The average molecular weight is 336 g/mol. The first-order valence-electron chi connectivity index (χ1n) is 8.05. The van der Waals surface area contributed by atoms with Crippen molar-refractivity contribution in [3.05, 3.63) is 0 Å². The third-order valence-corrected chi connectivity index (χ3v) is 7.05. The third kappa shape index (κ3) is 5.71. The molecule has 2 rings (SSSR count). The Balaban J connectivity index is 1.84. The van der Waals surface area contributed by atoms with E-state index < -0.39 is 10.2 Å². The molecule has 0 spiro atoms. The summed E-state index contributed by atoms with van der Waals surface area (Å²) < 4.78 is 29.5. The molecule has 0 aromatic heterocycles. The molecule has 0 radical (unpaired) electrons. The van der Waals surface area contributed by atoms with Crippen LogP contribution in [0.3, 0.4) is 0 Å². The highest BCUT2D eigenvalue weighted by molar-refractivity contribution is 7.99. The molecule has 1 aliphatic carbocycles. The number of nitrogens with one attached hydrogen (secondary N) is 2. The molecule has 1 aliphatic heterocycles. The summed E-state index contributed by atoms with van der Waals surface area (Å²) in [5, 5.41) is 3.96. The van der Waals surface area contributed by atoms with Gasteiger partial charge < -0.3 is 5.32 Å². The van der Waals surface area contributed by atoms with Gasteiger partial charge in [0.05, 0.1) is 0 Å². The van der Waals surface area contributed by atoms with Gasteiger partial charge in [0, 0.05) is 37.0 Å². The predicted molar refractivity (Wildman–Crippen MR) is 89.9 cm³/mol. The number of rotatable bonds is 9. The maximum Gasteiger partial charge on any atom is 0.279 e. The van der Waals surface area contributed by atoms with Crippen LogP contribution in [0.5, 0.6) is 0 Å². The number of hydrogen-bond donors (Lipinski definition) is 2. The first-order chi connectivity index (χ1) is 10.0. The zero-order chi connectivity index (χ0) is 15.3. The maximum absolute atomic E-state index is 12.5. The van der Waals surface area contributed by atoms with Crippen molar-refractivity contribution in [1.29, 1.82) is 0 Å². The monoisotopic (exact) mass is 335 g/mol. The lowest BCUT2D eigenvalue weighted by atomic mass is 10.1. The van der Waals surface area contributed by atoms with E-state index in [4.69, 9.17) is 0 Å². The lowest BCUT2D eigenvalue weighted by Crippen LogP contribution is -2.52. The van der Waals surface area contributed by atoms with Crippen molar-refractivity contribution in [3.8, 4) is 0 Å². The summed E-state index contributed by atoms with van der Waals surface area (Å²) in [4.78, 5) is 0. The average Bonchev–Trinajstić information content (AvgIpc) is 3.29. The molecular weight excluding hydrogens is 306 g/mol. The third-order valence-electron chi connectivity index (χ3n) is 4.34. The van der Waals surface area contributed by atoms with E-state index in [0.717, 1.165) is 32.2 Å². The lowest BCUT2D eigenvalue weighted by Gasteiger charge is -2.35. The topological polar surface area (TPSA) is 61.4 Å². The number of nitrogens with zero attached hydrogens (tertiary/aromatic N) is 1. The standard InChI is InChI=1S/C14H29N3O2S2/c1-12(20-2)8-9-16-21(18,19)17-10-4-3-5-14(17)11-15-13-6-7-13/h12-16H,3-11H2,1-2H3. The Morgan fingerprint density at radius 2 is 2.05 bits per heavy atom. The SMILES string of the molecule is CSC(C)CCNS(=O)(=O)N1CCCCC1CNC1CC1. The predicted octanol–water partition coefficient (Wildman–Crippen LogP) is 1.57. The van der Waals surface area contributed by atoms with Crippen molar-refractivity contribution < 1.29 is 8.42 Å². The van der Waals surface area contributed by atoms with Crippen LogP contribution in [0.25, 0.3) is 0 Å². The Labute approximate surface area is 133 Å². The molecule has 0 aromatic rings. The Morgan fingerprint density at radius 3 is 2.71 bits per heavy atom. The van der Waals surface area contributed by atoms with Crippen molar-refractivity contribution in [2.75, 3.05) is 25.9 Å². The Hall–Kier alpha value is 0.180. The Kier molecular flexibility index (Phi) is 6.80. The molecule has 0 aromatic carbocycles. The van der Waals surface area contributed by atoms with Crippen LogP contribution < -0.4 is 10.0 Å². The van der Waals surface area contributed by atoms with Crippen LogP contribution in [0, 0.1) is 0 Å². The molecule has 21 heavy (non-hydrogen) atoms. The quantitative estimate of drug-likeness (QED) is 0.671. The Bertz CT molecular complexity index is 412. The lowest BCUT2D eigenvalue weighted by molar-refractivity contribution is 0.242. The van der Waals surface area contributed by atoms with Gasteiger partial charge in [0.25, 0.3) is 10.2 Å². The van der Waals surface area contributed by atoms with Crippen molar-refractivity contribution in [2.45, 2.75) is 62.8 Å². The van der Waals surface area contributed by atoms with E-state index in [0.29, 0.717) is 24.4 Å². The minimum absolute atomic E-state index is 0.120. The van der Waals surface area contributed by atoms with Crippen LogP contribution in [0.1, 0.15) is 45.4 Å². The molecule has 2 fully saturated rings. The highest BCUT2D eigenvalue weighted by Gasteiger charge is 2.33. The molecule has 0 amide bonds. The zero-order valence-corrected chi connectivity index (χ0v) is 14.8. The van der Waals surface area contributed by atoms with Crippen molar-refractivity contribution in [2.24, 2.45) is 0 Å². The van der Waals surface area contributed by atoms with E-state index in [1.807, 2.05) is 0 Å². The van der Waals surface area contributed by atoms with Gasteiger partial charge in [-0.05, 0) is 38.4 Å². The van der Waals surface area contributed by atoms with Gasteiger partial charge in [-0.3, -0.25) is 0 Å². The van der Waals surface area contributed by atoms with Crippen LogP contribution in [0.15, 0.2) is 0 Å². The second kappa shape index (κ2) is 8.15. The number of piperidine rings is 1. The molecule has 5 nitrogen and oxygen atoms in total. The van der Waals surface area contributed by atoms with Crippen molar-refractivity contribution >= 4 is 22.0 Å². The summed E-state index contributed by atoms with van der Waals surface area (Å²) >= 11 is 1.77. The van der Waals surface area contributed by atoms with Gasteiger partial charge in [-0.15, -0.1) is 0 Å². The number of hydrogen-bond acceptors (Lipinski definition) is 4. The summed E-state index contributed by atoms with van der Waals surface area (Å²) in [5.74, 6) is 0. The van der Waals surface area contributed by atoms with Gasteiger partial charge in [-0.2, -0.15) is 24.5 Å². The van der Waals surface area contributed by atoms with Crippen LogP contribution in [0.4, 0.5) is 0 Å². The first-order valence-corrected chi connectivity index (χ1v) is 10.8. The molecule has 0 bridgehead atoms. The first kappa shape index (κ1) is 17.5. The van der Waals surface area contributed by atoms with Gasteiger partial charge in [-0.25, -0.2) is 4.72 Å². The van der Waals surface area contributed by atoms with Crippen molar-refractivity contribution in [3.63, 3.8) is 0 Å². The van der Waals surface area contributed by atoms with Crippen LogP contribution in [0.2, 0.25) is 0 Å². The largest absolute Gasteiger partial charge is 0.312 e. The molecule has 2 atom stereocenters. The molecule has 124 valence electrons. The molecule has 1 saturated carbocycles. The normalized spacial score (nSPS) is 25.9. The fourth-order valence-electron chi connectivity index (χ4n) is 2.68. The highest BCUT2D eigenvalue weighted by Crippen LogP contribution is 2.22. The van der Waals surface area contributed by atoms with Gasteiger partial charge in [0.15, 0.2) is 0 Å². The summed E-state index contributed by atoms with van der Waals surface area (Å²) in [5.41, 5.74) is 0. The smallest absolute Gasteiger partial charge is 0.279 e. The molecule has 1 saturated heterocycles. The molecule has 1 heterocycles. The molecule has 7 heteroatoms. The maximum atomic E-state index is 12.5. The van der Waals surface area contributed by atoms with Gasteiger partial charge >= 0.3 is 0 Å². The van der Waals surface area contributed by atoms with Crippen LogP contribution in [-0.4, -0.2) is 55.9 Å². The minimum atomic E-state index is -3.33. The summed E-state index contributed by atoms with van der Waals surface area (Å²) in [7, 11) is -3.33. The van der Waals surface area contributed by atoms with E-state index in [-0.39, 0.29) is 6.04 Å². The van der Waals surface area contributed by atoms with E-state index in [1.54, 1.807) is 16.1 Å². The fraction of sp³-hybridized carbons (Fsp3) is 1.00. The fourth-order valence-corrected chi connectivity index (χ4v) is 4.51. The minimum Gasteiger partial charge on any atom is -0.312 e. The van der Waals surface area contributed by atoms with Crippen LogP contribution >= 0.6 is 11.8 Å². The molecular formula is C14H29N3O2S2. The van der Waals surface area contributed by atoms with Gasteiger partial charge in [0.1, 0.15) is 0 Å². The van der Waals surface area contributed by atoms with Crippen LogP contribution in [-0.2, 0) is 10.2 Å². The highest BCUT2D eigenvalue weighted by atomic mass is 32.2. The van der Waals surface area contributed by atoms with Crippen molar-refractivity contribution in [1.82, 2.24) is 14.3 Å². The van der Waals surface area contributed by atoms with E-state index in [2.05, 4.69) is 23.2 Å². The summed E-state index contributed by atoms with van der Waals surface area (Å²) in [6.07, 6.45) is 8.49. The summed E-state index contributed by atoms with van der Waals surface area (Å²) in [6.45, 7) is 4.11. The van der Waals surface area contributed by atoms with E-state index in [1.165, 1.54) is 12.8 Å². The van der Waals surface area contributed by atoms with E-state index in [9.17, 15) is 8.42 Å². The second-order valence-electron chi connectivity index (χ2n) is 6.18. The zero-order valence-electron chi connectivity index (χ0n) is 13.2. The van der Waals surface area contributed by atoms with E-state index >= 15 is 0 Å². The molecule has 2 N–H and O–H groups in total.